The van der Waals surface area contributed by atoms with E-state index in [-0.39, 0.29) is 11.3 Å². The lowest BCUT2D eigenvalue weighted by atomic mass is 10.2. The third kappa shape index (κ3) is 3.23. The minimum absolute atomic E-state index is 0.170. The zero-order valence-electron chi connectivity index (χ0n) is 8.40. The number of carboxylic acids is 1. The van der Waals surface area contributed by atoms with Gasteiger partial charge in [0.1, 0.15) is 11.3 Å². The van der Waals surface area contributed by atoms with E-state index in [1.54, 1.807) is 6.07 Å². The molecule has 16 heavy (non-hydrogen) atoms. The van der Waals surface area contributed by atoms with Crippen LogP contribution in [0.5, 0.6) is 5.75 Å². The van der Waals surface area contributed by atoms with Gasteiger partial charge in [-0.2, -0.15) is 0 Å². The Bertz CT molecular complexity index is 416. The number of halogens is 1. The summed E-state index contributed by atoms with van der Waals surface area (Å²) in [6.45, 7) is -0.513. The van der Waals surface area contributed by atoms with Gasteiger partial charge in [0, 0.05) is 4.47 Å². The Morgan fingerprint density at radius 1 is 1.44 bits per heavy atom. The smallest absolute Gasteiger partial charge is 0.341 e. The molecular weight excluding hydrogens is 280 g/mol. The minimum Gasteiger partial charge on any atom is -0.481 e. The molecule has 1 aromatic rings. The second kappa shape index (κ2) is 5.50. The van der Waals surface area contributed by atoms with Crippen molar-refractivity contribution in [3.63, 3.8) is 0 Å². The SMILES string of the molecule is COC(=O)c1ccc(Br)cc1OCC(=O)O. The molecule has 1 rings (SSSR count). The lowest BCUT2D eigenvalue weighted by Gasteiger charge is -2.08. The van der Waals surface area contributed by atoms with Gasteiger partial charge in [-0.1, -0.05) is 15.9 Å². The monoisotopic (exact) mass is 288 g/mol. The zero-order chi connectivity index (χ0) is 12.1. The number of methoxy groups -OCH3 is 1. The molecule has 0 amide bonds. The number of hydrogen-bond donors (Lipinski definition) is 1. The summed E-state index contributed by atoms with van der Waals surface area (Å²) in [6, 6.07) is 4.64. The van der Waals surface area contributed by atoms with E-state index in [1.807, 2.05) is 0 Å². The van der Waals surface area contributed by atoms with Gasteiger partial charge in [-0.15, -0.1) is 0 Å². The number of ether oxygens (including phenoxy) is 2. The van der Waals surface area contributed by atoms with Gasteiger partial charge in [-0.25, -0.2) is 9.59 Å². The number of benzene rings is 1. The summed E-state index contributed by atoms with van der Waals surface area (Å²) in [5.74, 6) is -1.52. The number of aliphatic carboxylic acids is 1. The summed E-state index contributed by atoms with van der Waals surface area (Å²) in [6.07, 6.45) is 0. The van der Waals surface area contributed by atoms with E-state index in [2.05, 4.69) is 20.7 Å². The molecule has 1 N–H and O–H groups in total. The second-order valence-electron chi connectivity index (χ2n) is 2.81. The molecule has 86 valence electrons. The quantitative estimate of drug-likeness (QED) is 0.854. The molecule has 5 nitrogen and oxygen atoms in total. The lowest BCUT2D eigenvalue weighted by Crippen LogP contribution is -2.12. The summed E-state index contributed by atoms with van der Waals surface area (Å²) >= 11 is 3.19. The van der Waals surface area contributed by atoms with Gasteiger partial charge in [0.05, 0.1) is 7.11 Å². The first-order valence-corrected chi connectivity index (χ1v) is 5.06. The molecule has 0 heterocycles. The van der Waals surface area contributed by atoms with Crippen molar-refractivity contribution in [2.75, 3.05) is 13.7 Å². The highest BCUT2D eigenvalue weighted by Crippen LogP contribution is 2.24. The molecule has 0 saturated heterocycles. The molecule has 0 aliphatic heterocycles. The topological polar surface area (TPSA) is 72.8 Å². The fourth-order valence-electron chi connectivity index (χ4n) is 1.03. The Morgan fingerprint density at radius 3 is 2.69 bits per heavy atom. The Balaban J connectivity index is 2.98. The van der Waals surface area contributed by atoms with Gasteiger partial charge in [-0.05, 0) is 18.2 Å². The van der Waals surface area contributed by atoms with Crippen molar-refractivity contribution in [2.24, 2.45) is 0 Å². The predicted octanol–water partition coefficient (Wildman–Crippen LogP) is 1.70. The van der Waals surface area contributed by atoms with Crippen LogP contribution in [0.4, 0.5) is 0 Å². The van der Waals surface area contributed by atoms with Crippen LogP contribution in [-0.2, 0) is 9.53 Å². The molecule has 0 radical (unpaired) electrons. The molecule has 0 aliphatic carbocycles. The Kier molecular flexibility index (Phi) is 4.30. The molecule has 0 saturated carbocycles. The number of rotatable bonds is 4. The lowest BCUT2D eigenvalue weighted by molar-refractivity contribution is -0.139. The maximum absolute atomic E-state index is 11.3. The highest BCUT2D eigenvalue weighted by molar-refractivity contribution is 9.10. The van der Waals surface area contributed by atoms with Crippen molar-refractivity contribution in [1.29, 1.82) is 0 Å². The molecule has 0 atom stereocenters. The van der Waals surface area contributed by atoms with E-state index in [1.165, 1.54) is 19.2 Å². The van der Waals surface area contributed by atoms with Gasteiger partial charge < -0.3 is 14.6 Å². The zero-order valence-corrected chi connectivity index (χ0v) is 9.98. The van der Waals surface area contributed by atoms with Crippen molar-refractivity contribution in [3.8, 4) is 5.75 Å². The van der Waals surface area contributed by atoms with Crippen molar-refractivity contribution < 1.29 is 24.2 Å². The van der Waals surface area contributed by atoms with Crippen molar-refractivity contribution in [3.05, 3.63) is 28.2 Å². The minimum atomic E-state index is -1.12. The fraction of sp³-hybridized carbons (Fsp3) is 0.200. The average molecular weight is 289 g/mol. The Morgan fingerprint density at radius 2 is 2.12 bits per heavy atom. The maximum atomic E-state index is 11.3. The van der Waals surface area contributed by atoms with E-state index in [0.717, 1.165) is 0 Å². The van der Waals surface area contributed by atoms with Gasteiger partial charge in [0.15, 0.2) is 6.61 Å². The summed E-state index contributed by atoms with van der Waals surface area (Å²) in [7, 11) is 1.24. The van der Waals surface area contributed by atoms with Crippen LogP contribution in [-0.4, -0.2) is 30.8 Å². The third-order valence-corrected chi connectivity index (χ3v) is 2.19. The van der Waals surface area contributed by atoms with Crippen LogP contribution in [0.25, 0.3) is 0 Å². The van der Waals surface area contributed by atoms with Gasteiger partial charge >= 0.3 is 11.9 Å². The maximum Gasteiger partial charge on any atom is 0.341 e. The van der Waals surface area contributed by atoms with Crippen LogP contribution in [0.2, 0.25) is 0 Å². The van der Waals surface area contributed by atoms with Crippen LogP contribution in [0.3, 0.4) is 0 Å². The van der Waals surface area contributed by atoms with Crippen LogP contribution >= 0.6 is 15.9 Å². The summed E-state index contributed by atoms with van der Waals surface area (Å²) in [5.41, 5.74) is 0.187. The molecule has 0 unspecified atom stereocenters. The fourth-order valence-corrected chi connectivity index (χ4v) is 1.37. The third-order valence-electron chi connectivity index (χ3n) is 1.70. The average Bonchev–Trinajstić information content (AvgIpc) is 2.25. The standard InChI is InChI=1S/C10H9BrO5/c1-15-10(14)7-3-2-6(11)4-8(7)16-5-9(12)13/h2-4H,5H2,1H3,(H,12,13). The van der Waals surface area contributed by atoms with Crippen molar-refractivity contribution >= 4 is 27.9 Å². The number of carbonyl (C=O) groups excluding carboxylic acids is 1. The van der Waals surface area contributed by atoms with E-state index >= 15 is 0 Å². The Labute approximate surface area is 100 Å². The van der Waals surface area contributed by atoms with Crippen LogP contribution in [0, 0.1) is 0 Å². The molecule has 1 aromatic carbocycles. The van der Waals surface area contributed by atoms with Crippen LogP contribution in [0.1, 0.15) is 10.4 Å². The highest BCUT2D eigenvalue weighted by atomic mass is 79.9. The molecule has 0 fully saturated rings. The molecule has 0 spiro atoms. The molecule has 6 heteroatoms. The number of hydrogen-bond acceptors (Lipinski definition) is 4. The molecule has 0 aliphatic rings. The largest absolute Gasteiger partial charge is 0.481 e. The van der Waals surface area contributed by atoms with Gasteiger partial charge in [-0.3, -0.25) is 0 Å². The number of carbonyl (C=O) groups is 2. The normalized spacial score (nSPS) is 9.62. The van der Waals surface area contributed by atoms with Crippen molar-refractivity contribution in [1.82, 2.24) is 0 Å². The summed E-state index contributed by atoms with van der Waals surface area (Å²) in [5, 5.41) is 8.48. The van der Waals surface area contributed by atoms with Crippen LogP contribution in [0.15, 0.2) is 22.7 Å². The van der Waals surface area contributed by atoms with E-state index < -0.39 is 18.5 Å². The predicted molar refractivity (Wildman–Crippen MR) is 58.6 cm³/mol. The van der Waals surface area contributed by atoms with Gasteiger partial charge in [0.2, 0.25) is 0 Å². The number of carboxylic acid groups (broad SMARTS) is 1. The van der Waals surface area contributed by atoms with Crippen LogP contribution < -0.4 is 4.74 Å². The summed E-state index contributed by atoms with van der Waals surface area (Å²) in [4.78, 5) is 21.7. The highest BCUT2D eigenvalue weighted by Gasteiger charge is 2.14. The Hall–Kier alpha value is -1.56. The first-order chi connectivity index (χ1) is 7.54. The van der Waals surface area contributed by atoms with E-state index in [0.29, 0.717) is 4.47 Å². The number of esters is 1. The second-order valence-corrected chi connectivity index (χ2v) is 3.73. The summed E-state index contributed by atoms with van der Waals surface area (Å²) < 4.78 is 10.2. The first-order valence-electron chi connectivity index (χ1n) is 4.27. The van der Waals surface area contributed by atoms with E-state index in [4.69, 9.17) is 9.84 Å². The van der Waals surface area contributed by atoms with E-state index in [9.17, 15) is 9.59 Å². The molecule has 0 bridgehead atoms. The molecule has 0 aromatic heterocycles. The molecular formula is C10H9BrO5. The first kappa shape index (κ1) is 12.5. The van der Waals surface area contributed by atoms with Gasteiger partial charge in [0.25, 0.3) is 0 Å². The van der Waals surface area contributed by atoms with Crippen molar-refractivity contribution in [2.45, 2.75) is 0 Å².